The van der Waals surface area contributed by atoms with Crippen LogP contribution in [0.25, 0.3) is 0 Å². The molecular weight excluding hydrogens is 296 g/mol. The fraction of sp³-hybridized carbons (Fsp3) is 0.882. The Morgan fingerprint density at radius 3 is 2.26 bits per heavy atom. The molecular formula is C17H30N2O4. The number of carbonyl (C=O) groups is 2. The topological polar surface area (TPSA) is 70.1 Å². The maximum absolute atomic E-state index is 12.5. The summed E-state index contributed by atoms with van der Waals surface area (Å²) in [6, 6.07) is -0.619. The van der Waals surface area contributed by atoms with E-state index in [1.165, 1.54) is 44.1 Å². The normalized spacial score (nSPS) is 26.2. The Labute approximate surface area is 138 Å². The summed E-state index contributed by atoms with van der Waals surface area (Å²) in [5.41, 5.74) is -0.598. The first-order valence-electron chi connectivity index (χ1n) is 8.65. The van der Waals surface area contributed by atoms with E-state index in [4.69, 9.17) is 4.74 Å². The minimum absolute atomic E-state index is 0.316. The molecule has 1 saturated carbocycles. The van der Waals surface area contributed by atoms with Gasteiger partial charge in [0.1, 0.15) is 11.6 Å². The molecule has 6 heteroatoms. The van der Waals surface area contributed by atoms with E-state index in [9.17, 15) is 14.8 Å². The molecule has 2 unspecified atom stereocenters. The molecule has 6 nitrogen and oxygen atoms in total. The molecule has 0 spiro atoms. The number of ether oxygens (including phenoxy) is 1. The van der Waals surface area contributed by atoms with Crippen LogP contribution in [0.5, 0.6) is 0 Å². The third-order valence-corrected chi connectivity index (χ3v) is 4.88. The fourth-order valence-electron chi connectivity index (χ4n) is 3.79. The van der Waals surface area contributed by atoms with E-state index in [1.54, 1.807) is 0 Å². The first-order chi connectivity index (χ1) is 10.7. The number of amides is 2. The molecule has 1 aliphatic carbocycles. The van der Waals surface area contributed by atoms with Crippen molar-refractivity contribution in [2.75, 3.05) is 13.6 Å². The Kier molecular flexibility index (Phi) is 5.55. The van der Waals surface area contributed by atoms with E-state index in [-0.39, 0.29) is 0 Å². The van der Waals surface area contributed by atoms with E-state index in [0.29, 0.717) is 29.9 Å². The smallest absolute Gasteiger partial charge is 0.410 e. The SMILES string of the molecule is CN(O)C(=O)C1CC(C2CCCCC2)CN1C(=O)OC(C)(C)C. The van der Waals surface area contributed by atoms with Gasteiger partial charge >= 0.3 is 6.09 Å². The van der Waals surface area contributed by atoms with Crippen LogP contribution in [-0.2, 0) is 9.53 Å². The molecule has 0 bridgehead atoms. The molecule has 2 amide bonds. The van der Waals surface area contributed by atoms with Crippen LogP contribution in [0.15, 0.2) is 0 Å². The Balaban J connectivity index is 2.11. The van der Waals surface area contributed by atoms with E-state index in [0.717, 1.165) is 0 Å². The van der Waals surface area contributed by atoms with Gasteiger partial charge in [0.15, 0.2) is 0 Å². The Morgan fingerprint density at radius 2 is 1.74 bits per heavy atom. The lowest BCUT2D eigenvalue weighted by atomic mass is 9.79. The first kappa shape index (κ1) is 18.0. The fourth-order valence-corrected chi connectivity index (χ4v) is 3.79. The first-order valence-corrected chi connectivity index (χ1v) is 8.65. The Morgan fingerprint density at radius 1 is 1.13 bits per heavy atom. The zero-order chi connectivity index (χ0) is 17.2. The van der Waals surface area contributed by atoms with Crippen molar-refractivity contribution in [1.82, 2.24) is 9.96 Å². The van der Waals surface area contributed by atoms with Gasteiger partial charge in [-0.1, -0.05) is 32.1 Å². The molecule has 0 aromatic rings. The highest BCUT2D eigenvalue weighted by molar-refractivity contribution is 5.85. The van der Waals surface area contributed by atoms with Gasteiger partial charge in [-0.2, -0.15) is 0 Å². The molecule has 1 heterocycles. The minimum atomic E-state index is -0.619. The Bertz CT molecular complexity index is 438. The van der Waals surface area contributed by atoms with Crippen LogP contribution in [-0.4, -0.2) is 52.4 Å². The van der Waals surface area contributed by atoms with Gasteiger partial charge in [0.25, 0.3) is 5.91 Å². The van der Waals surface area contributed by atoms with Crippen LogP contribution in [0.2, 0.25) is 0 Å². The van der Waals surface area contributed by atoms with Crippen LogP contribution in [0.3, 0.4) is 0 Å². The highest BCUT2D eigenvalue weighted by Crippen LogP contribution is 2.38. The van der Waals surface area contributed by atoms with Crippen molar-refractivity contribution in [2.45, 2.75) is 70.9 Å². The van der Waals surface area contributed by atoms with Crippen molar-refractivity contribution in [3.8, 4) is 0 Å². The second-order valence-electron chi connectivity index (χ2n) is 7.90. The monoisotopic (exact) mass is 326 g/mol. The molecule has 1 aliphatic heterocycles. The van der Waals surface area contributed by atoms with Crippen molar-refractivity contribution in [3.05, 3.63) is 0 Å². The molecule has 2 fully saturated rings. The van der Waals surface area contributed by atoms with E-state index < -0.39 is 23.6 Å². The molecule has 2 rings (SSSR count). The molecule has 0 radical (unpaired) electrons. The van der Waals surface area contributed by atoms with Crippen molar-refractivity contribution >= 4 is 12.0 Å². The quantitative estimate of drug-likeness (QED) is 0.625. The number of likely N-dealkylation sites (N-methyl/N-ethyl adjacent to an activating group) is 1. The van der Waals surface area contributed by atoms with Crippen LogP contribution in [0.4, 0.5) is 4.79 Å². The summed E-state index contributed by atoms with van der Waals surface area (Å²) in [6.45, 7) is 5.99. The second kappa shape index (κ2) is 7.07. The van der Waals surface area contributed by atoms with Gasteiger partial charge in [-0.05, 0) is 39.0 Å². The van der Waals surface area contributed by atoms with Crippen molar-refractivity contribution in [2.24, 2.45) is 11.8 Å². The average molecular weight is 326 g/mol. The number of nitrogens with zero attached hydrogens (tertiary/aromatic N) is 2. The summed E-state index contributed by atoms with van der Waals surface area (Å²) in [5, 5.41) is 10.1. The summed E-state index contributed by atoms with van der Waals surface area (Å²) < 4.78 is 5.45. The molecule has 0 aromatic carbocycles. The van der Waals surface area contributed by atoms with E-state index in [1.807, 2.05) is 20.8 Å². The lowest BCUT2D eigenvalue weighted by Crippen LogP contribution is -2.47. The van der Waals surface area contributed by atoms with Gasteiger partial charge in [-0.25, -0.2) is 9.86 Å². The van der Waals surface area contributed by atoms with Crippen LogP contribution in [0, 0.1) is 11.8 Å². The van der Waals surface area contributed by atoms with Crippen LogP contribution < -0.4 is 0 Å². The molecule has 0 aromatic heterocycles. The zero-order valence-corrected chi connectivity index (χ0v) is 14.7. The highest BCUT2D eigenvalue weighted by atomic mass is 16.6. The van der Waals surface area contributed by atoms with Gasteiger partial charge in [-0.3, -0.25) is 14.9 Å². The Hall–Kier alpha value is -1.30. The molecule has 1 N–H and O–H groups in total. The maximum atomic E-state index is 12.5. The van der Waals surface area contributed by atoms with Gasteiger partial charge < -0.3 is 4.74 Å². The van der Waals surface area contributed by atoms with Crippen molar-refractivity contribution in [1.29, 1.82) is 0 Å². The summed E-state index contributed by atoms with van der Waals surface area (Å²) in [6.07, 6.45) is 6.23. The van der Waals surface area contributed by atoms with Crippen LogP contribution in [0.1, 0.15) is 59.3 Å². The van der Waals surface area contributed by atoms with Gasteiger partial charge in [0, 0.05) is 13.6 Å². The van der Waals surface area contributed by atoms with Gasteiger partial charge in [0.05, 0.1) is 0 Å². The van der Waals surface area contributed by atoms with Crippen molar-refractivity contribution in [3.63, 3.8) is 0 Å². The number of carbonyl (C=O) groups excluding carboxylic acids is 2. The summed E-state index contributed by atoms with van der Waals surface area (Å²) in [4.78, 5) is 26.3. The second-order valence-corrected chi connectivity index (χ2v) is 7.90. The summed E-state index contributed by atoms with van der Waals surface area (Å²) in [5.74, 6) is 0.446. The maximum Gasteiger partial charge on any atom is 0.410 e. The predicted octanol–water partition coefficient (Wildman–Crippen LogP) is 3.04. The molecule has 132 valence electrons. The number of rotatable bonds is 2. The van der Waals surface area contributed by atoms with E-state index >= 15 is 0 Å². The average Bonchev–Trinajstić information content (AvgIpc) is 2.90. The number of likely N-dealkylation sites (tertiary alicyclic amines) is 1. The highest BCUT2D eigenvalue weighted by Gasteiger charge is 2.44. The lowest BCUT2D eigenvalue weighted by molar-refractivity contribution is -0.164. The molecule has 2 aliphatic rings. The van der Waals surface area contributed by atoms with Gasteiger partial charge in [0.2, 0.25) is 0 Å². The summed E-state index contributed by atoms with van der Waals surface area (Å²) >= 11 is 0. The largest absolute Gasteiger partial charge is 0.444 e. The molecule has 23 heavy (non-hydrogen) atoms. The molecule has 1 saturated heterocycles. The number of hydrogen-bond acceptors (Lipinski definition) is 4. The van der Waals surface area contributed by atoms with Crippen LogP contribution >= 0.6 is 0 Å². The number of hydroxylamine groups is 2. The zero-order valence-electron chi connectivity index (χ0n) is 14.7. The number of hydrogen-bond donors (Lipinski definition) is 1. The van der Waals surface area contributed by atoms with Gasteiger partial charge in [-0.15, -0.1) is 0 Å². The molecule has 2 atom stereocenters. The summed E-state index contributed by atoms with van der Waals surface area (Å²) in [7, 11) is 1.31. The van der Waals surface area contributed by atoms with Crippen molar-refractivity contribution < 1.29 is 19.5 Å². The standard InChI is InChI=1S/C17H30N2O4/c1-17(2,3)23-16(21)19-11-13(12-8-6-5-7-9-12)10-14(19)15(20)18(4)22/h12-14,22H,5-11H2,1-4H3. The van der Waals surface area contributed by atoms with E-state index in [2.05, 4.69) is 0 Å². The predicted molar refractivity (Wildman–Crippen MR) is 86.0 cm³/mol. The lowest BCUT2D eigenvalue weighted by Gasteiger charge is -2.29. The minimum Gasteiger partial charge on any atom is -0.444 e. The third-order valence-electron chi connectivity index (χ3n) is 4.88. The third kappa shape index (κ3) is 4.59.